The van der Waals surface area contributed by atoms with Crippen LogP contribution in [0.2, 0.25) is 0 Å². The second-order valence-corrected chi connectivity index (χ2v) is 8.52. The van der Waals surface area contributed by atoms with Crippen molar-refractivity contribution in [3.05, 3.63) is 99.9 Å². The van der Waals surface area contributed by atoms with E-state index in [4.69, 9.17) is 9.15 Å². The highest BCUT2D eigenvalue weighted by Crippen LogP contribution is 2.34. The fourth-order valence-corrected chi connectivity index (χ4v) is 3.67. The first-order chi connectivity index (χ1) is 14.8. The van der Waals surface area contributed by atoms with E-state index in [1.54, 1.807) is 31.4 Å². The molecule has 0 spiro atoms. The van der Waals surface area contributed by atoms with Crippen LogP contribution < -0.4 is 10.4 Å². The molecule has 31 heavy (non-hydrogen) atoms. The van der Waals surface area contributed by atoms with Crippen LogP contribution in [0.4, 0.5) is 0 Å². The van der Waals surface area contributed by atoms with Gasteiger partial charge in [0.2, 0.25) is 5.78 Å². The summed E-state index contributed by atoms with van der Waals surface area (Å²) in [6.45, 7) is 6.37. The van der Waals surface area contributed by atoms with Gasteiger partial charge in [0.25, 0.3) is 0 Å². The van der Waals surface area contributed by atoms with Gasteiger partial charge in [-0.2, -0.15) is 0 Å². The standard InChI is InChI=1S/C27H24O4/c1-27(2,3)19-12-15-22-21(16-19)23(17-8-6-5-7-9-17)24(26(29)31-22)25(28)18-10-13-20(30-4)14-11-18/h5-16H,1-4H3. The predicted molar refractivity (Wildman–Crippen MR) is 123 cm³/mol. The normalized spacial score (nSPS) is 11.5. The first kappa shape index (κ1) is 20.6. The van der Waals surface area contributed by atoms with Crippen LogP contribution in [0.15, 0.2) is 82.0 Å². The first-order valence-corrected chi connectivity index (χ1v) is 10.1. The third-order valence-corrected chi connectivity index (χ3v) is 5.41. The molecule has 0 radical (unpaired) electrons. The lowest BCUT2D eigenvalue weighted by Crippen LogP contribution is -2.18. The van der Waals surface area contributed by atoms with Crippen LogP contribution in [-0.2, 0) is 5.41 Å². The van der Waals surface area contributed by atoms with Crippen molar-refractivity contribution < 1.29 is 13.9 Å². The highest BCUT2D eigenvalue weighted by molar-refractivity contribution is 6.16. The van der Waals surface area contributed by atoms with Gasteiger partial charge in [0, 0.05) is 16.5 Å². The molecule has 0 fully saturated rings. The highest BCUT2D eigenvalue weighted by atomic mass is 16.5. The molecule has 4 rings (SSSR count). The number of benzene rings is 3. The maximum Gasteiger partial charge on any atom is 0.348 e. The van der Waals surface area contributed by atoms with Crippen molar-refractivity contribution in [2.75, 3.05) is 7.11 Å². The first-order valence-electron chi connectivity index (χ1n) is 10.1. The molecule has 0 saturated carbocycles. The van der Waals surface area contributed by atoms with Gasteiger partial charge in [-0.15, -0.1) is 0 Å². The van der Waals surface area contributed by atoms with Gasteiger partial charge in [-0.25, -0.2) is 4.79 Å². The lowest BCUT2D eigenvalue weighted by molar-refractivity contribution is 0.103. The van der Waals surface area contributed by atoms with E-state index in [9.17, 15) is 9.59 Å². The summed E-state index contributed by atoms with van der Waals surface area (Å²) in [5.74, 6) is 0.263. The van der Waals surface area contributed by atoms with Crippen molar-refractivity contribution in [2.24, 2.45) is 0 Å². The Balaban J connectivity index is 2.04. The zero-order chi connectivity index (χ0) is 22.2. The van der Waals surface area contributed by atoms with Gasteiger partial charge in [0.05, 0.1) is 7.11 Å². The van der Waals surface area contributed by atoms with Gasteiger partial charge in [-0.1, -0.05) is 57.2 Å². The van der Waals surface area contributed by atoms with Crippen LogP contribution in [-0.4, -0.2) is 12.9 Å². The largest absolute Gasteiger partial charge is 0.497 e. The molecule has 4 heteroatoms. The molecule has 0 aliphatic carbocycles. The van der Waals surface area contributed by atoms with Gasteiger partial charge in [0.15, 0.2) is 0 Å². The Kier molecular flexibility index (Phi) is 5.24. The summed E-state index contributed by atoms with van der Waals surface area (Å²) in [5.41, 5.74) is 2.64. The van der Waals surface area contributed by atoms with Crippen molar-refractivity contribution in [3.63, 3.8) is 0 Å². The Labute approximate surface area is 181 Å². The predicted octanol–water partition coefficient (Wildman–Crippen LogP) is 6.00. The van der Waals surface area contributed by atoms with E-state index in [2.05, 4.69) is 20.8 Å². The summed E-state index contributed by atoms with van der Waals surface area (Å²) in [6, 6.07) is 22.0. The maximum absolute atomic E-state index is 13.5. The molecule has 0 atom stereocenters. The molecule has 3 aromatic carbocycles. The van der Waals surface area contributed by atoms with E-state index in [0.29, 0.717) is 22.5 Å². The van der Waals surface area contributed by atoms with E-state index in [1.165, 1.54) is 0 Å². The zero-order valence-electron chi connectivity index (χ0n) is 18.1. The minimum atomic E-state index is -0.643. The number of ether oxygens (including phenoxy) is 1. The van der Waals surface area contributed by atoms with Crippen LogP contribution in [0.1, 0.15) is 42.3 Å². The number of rotatable bonds is 4. The molecular weight excluding hydrogens is 388 g/mol. The smallest absolute Gasteiger partial charge is 0.348 e. The van der Waals surface area contributed by atoms with E-state index in [0.717, 1.165) is 16.5 Å². The Bertz CT molecular complexity index is 1310. The monoisotopic (exact) mass is 412 g/mol. The molecule has 1 aromatic heterocycles. The Morgan fingerprint density at radius 3 is 2.19 bits per heavy atom. The second kappa shape index (κ2) is 7.88. The third kappa shape index (κ3) is 3.89. The molecule has 4 nitrogen and oxygen atoms in total. The molecule has 0 aliphatic heterocycles. The number of ketones is 1. The van der Waals surface area contributed by atoms with E-state index < -0.39 is 5.63 Å². The summed E-state index contributed by atoms with van der Waals surface area (Å²) in [5, 5.41) is 0.745. The third-order valence-electron chi connectivity index (χ3n) is 5.41. The van der Waals surface area contributed by atoms with Crippen molar-refractivity contribution in [3.8, 4) is 16.9 Å². The summed E-state index contributed by atoms with van der Waals surface area (Å²) in [6.07, 6.45) is 0. The van der Waals surface area contributed by atoms with Gasteiger partial charge in [0.1, 0.15) is 16.9 Å². The summed E-state index contributed by atoms with van der Waals surface area (Å²) >= 11 is 0. The van der Waals surface area contributed by atoms with E-state index in [1.807, 2.05) is 48.5 Å². The maximum atomic E-state index is 13.5. The number of hydrogen-bond donors (Lipinski definition) is 0. The minimum Gasteiger partial charge on any atom is -0.497 e. The zero-order valence-corrected chi connectivity index (χ0v) is 18.1. The Hall–Kier alpha value is -3.66. The molecule has 0 unspecified atom stereocenters. The minimum absolute atomic E-state index is 0.0370. The van der Waals surface area contributed by atoms with Gasteiger partial charge in [-0.05, 0) is 52.9 Å². The van der Waals surface area contributed by atoms with Crippen molar-refractivity contribution in [2.45, 2.75) is 26.2 Å². The van der Waals surface area contributed by atoms with E-state index >= 15 is 0 Å². The summed E-state index contributed by atoms with van der Waals surface area (Å²) in [4.78, 5) is 26.5. The Morgan fingerprint density at radius 1 is 0.903 bits per heavy atom. The molecule has 0 aliphatic rings. The van der Waals surface area contributed by atoms with Gasteiger partial charge >= 0.3 is 5.63 Å². The molecule has 0 amide bonds. The van der Waals surface area contributed by atoms with Crippen molar-refractivity contribution in [1.82, 2.24) is 0 Å². The number of fused-ring (bicyclic) bond motifs is 1. The van der Waals surface area contributed by atoms with Crippen LogP contribution in [0.5, 0.6) is 5.75 Å². The van der Waals surface area contributed by atoms with Crippen molar-refractivity contribution >= 4 is 16.8 Å². The van der Waals surface area contributed by atoms with Crippen molar-refractivity contribution in [1.29, 1.82) is 0 Å². The lowest BCUT2D eigenvalue weighted by Gasteiger charge is -2.20. The average molecular weight is 412 g/mol. The van der Waals surface area contributed by atoms with Crippen LogP contribution in [0.3, 0.4) is 0 Å². The molecule has 156 valence electrons. The molecule has 1 heterocycles. The molecule has 0 N–H and O–H groups in total. The Morgan fingerprint density at radius 2 is 1.58 bits per heavy atom. The lowest BCUT2D eigenvalue weighted by atomic mass is 9.84. The SMILES string of the molecule is COc1ccc(C(=O)c2c(-c3ccccc3)c3cc(C(C)(C)C)ccc3oc2=O)cc1. The molecular formula is C27H24O4. The van der Waals surface area contributed by atoms with Crippen LogP contribution in [0, 0.1) is 0 Å². The van der Waals surface area contributed by atoms with Gasteiger partial charge in [-0.3, -0.25) is 4.79 Å². The fourth-order valence-electron chi connectivity index (χ4n) is 3.67. The number of carbonyl (C=O) groups excluding carboxylic acids is 1. The van der Waals surface area contributed by atoms with Gasteiger partial charge < -0.3 is 9.15 Å². The summed E-state index contributed by atoms with van der Waals surface area (Å²) < 4.78 is 10.8. The number of methoxy groups -OCH3 is 1. The molecule has 0 saturated heterocycles. The number of hydrogen-bond acceptors (Lipinski definition) is 4. The average Bonchev–Trinajstić information content (AvgIpc) is 2.77. The highest BCUT2D eigenvalue weighted by Gasteiger charge is 2.25. The number of carbonyl (C=O) groups is 1. The molecule has 4 aromatic rings. The fraction of sp³-hybridized carbons (Fsp3) is 0.185. The summed E-state index contributed by atoms with van der Waals surface area (Å²) in [7, 11) is 1.56. The van der Waals surface area contributed by atoms with E-state index in [-0.39, 0.29) is 16.8 Å². The quantitative estimate of drug-likeness (QED) is 0.305. The topological polar surface area (TPSA) is 56.5 Å². The van der Waals surface area contributed by atoms with Crippen LogP contribution >= 0.6 is 0 Å². The molecule has 0 bridgehead atoms. The van der Waals surface area contributed by atoms with Crippen LogP contribution in [0.25, 0.3) is 22.1 Å². The second-order valence-electron chi connectivity index (χ2n) is 8.52.